The van der Waals surface area contributed by atoms with Crippen molar-refractivity contribution >= 4 is 0 Å². The molecule has 1 fully saturated rings. The zero-order chi connectivity index (χ0) is 15.1. The maximum Gasteiger partial charge on any atom is 0.164 e. The van der Waals surface area contributed by atoms with Gasteiger partial charge in [0.1, 0.15) is 5.75 Å². The molecule has 118 valence electrons. The molecule has 5 heteroatoms. The van der Waals surface area contributed by atoms with Crippen LogP contribution in [0.2, 0.25) is 0 Å². The van der Waals surface area contributed by atoms with E-state index in [4.69, 9.17) is 14.2 Å². The molecule has 0 heterocycles. The van der Waals surface area contributed by atoms with Crippen LogP contribution in [0.5, 0.6) is 17.2 Å². The second-order valence-corrected chi connectivity index (χ2v) is 5.28. The van der Waals surface area contributed by atoms with Crippen LogP contribution in [0.1, 0.15) is 24.8 Å². The van der Waals surface area contributed by atoms with E-state index in [2.05, 4.69) is 10.6 Å². The van der Waals surface area contributed by atoms with Crippen molar-refractivity contribution in [2.75, 3.05) is 34.4 Å². The van der Waals surface area contributed by atoms with E-state index in [1.54, 1.807) is 21.3 Å². The van der Waals surface area contributed by atoms with E-state index in [1.807, 2.05) is 12.1 Å². The first-order valence-electron chi connectivity index (χ1n) is 7.51. The third-order valence-corrected chi connectivity index (χ3v) is 3.64. The molecule has 0 aliphatic heterocycles. The highest BCUT2D eigenvalue weighted by atomic mass is 16.5. The molecule has 1 saturated carbocycles. The van der Waals surface area contributed by atoms with Crippen LogP contribution in [0, 0.1) is 0 Å². The van der Waals surface area contributed by atoms with Crippen LogP contribution < -0.4 is 24.8 Å². The summed E-state index contributed by atoms with van der Waals surface area (Å²) in [6.07, 6.45) is 3.82. The monoisotopic (exact) mass is 294 g/mol. The van der Waals surface area contributed by atoms with Crippen molar-refractivity contribution in [3.8, 4) is 17.2 Å². The summed E-state index contributed by atoms with van der Waals surface area (Å²) < 4.78 is 16.0. The number of nitrogens with one attached hydrogen (secondary N) is 2. The zero-order valence-corrected chi connectivity index (χ0v) is 13.2. The quantitative estimate of drug-likeness (QED) is 0.646. The molecule has 0 bridgehead atoms. The van der Waals surface area contributed by atoms with Gasteiger partial charge in [0, 0.05) is 24.2 Å². The first-order chi connectivity index (χ1) is 10.3. The van der Waals surface area contributed by atoms with Crippen molar-refractivity contribution < 1.29 is 14.2 Å². The van der Waals surface area contributed by atoms with Crippen LogP contribution >= 0.6 is 0 Å². The van der Waals surface area contributed by atoms with Crippen LogP contribution in [0.3, 0.4) is 0 Å². The second kappa shape index (κ2) is 8.10. The standard InChI is InChI=1S/C16H26N2O3/c1-19-14-10-16(21-3)15(20-2)9-12(14)11-17-7-4-8-18-13-5-6-13/h9-10,13,17-18H,4-8,11H2,1-3H3. The fourth-order valence-electron chi connectivity index (χ4n) is 2.26. The normalized spacial score (nSPS) is 14.0. The molecule has 2 rings (SSSR count). The van der Waals surface area contributed by atoms with E-state index in [0.717, 1.165) is 49.2 Å². The van der Waals surface area contributed by atoms with E-state index < -0.39 is 0 Å². The lowest BCUT2D eigenvalue weighted by Crippen LogP contribution is -2.23. The summed E-state index contributed by atoms with van der Waals surface area (Å²) in [4.78, 5) is 0. The highest BCUT2D eigenvalue weighted by Gasteiger charge is 2.19. The number of benzene rings is 1. The molecule has 0 aromatic heterocycles. The van der Waals surface area contributed by atoms with E-state index in [9.17, 15) is 0 Å². The summed E-state index contributed by atoms with van der Waals surface area (Å²) in [6.45, 7) is 2.82. The minimum absolute atomic E-state index is 0.687. The summed E-state index contributed by atoms with van der Waals surface area (Å²) in [6, 6.07) is 4.62. The van der Waals surface area contributed by atoms with Gasteiger partial charge in [0.2, 0.25) is 0 Å². The maximum atomic E-state index is 5.42. The topological polar surface area (TPSA) is 51.8 Å². The number of hydrogen-bond acceptors (Lipinski definition) is 5. The van der Waals surface area contributed by atoms with Gasteiger partial charge in [-0.1, -0.05) is 0 Å². The Bertz CT molecular complexity index is 447. The Morgan fingerprint density at radius 1 is 0.952 bits per heavy atom. The van der Waals surface area contributed by atoms with Gasteiger partial charge in [-0.15, -0.1) is 0 Å². The lowest BCUT2D eigenvalue weighted by Gasteiger charge is -2.14. The molecule has 1 aliphatic rings. The molecule has 1 aliphatic carbocycles. The Morgan fingerprint density at radius 3 is 2.24 bits per heavy atom. The average Bonchev–Trinajstić information content (AvgIpc) is 3.34. The van der Waals surface area contributed by atoms with Gasteiger partial charge < -0.3 is 24.8 Å². The van der Waals surface area contributed by atoms with Crippen molar-refractivity contribution in [3.63, 3.8) is 0 Å². The molecule has 0 saturated heterocycles. The number of rotatable bonds is 10. The van der Waals surface area contributed by atoms with Gasteiger partial charge in [-0.2, -0.15) is 0 Å². The first kappa shape index (κ1) is 15.9. The van der Waals surface area contributed by atoms with Gasteiger partial charge in [-0.3, -0.25) is 0 Å². The van der Waals surface area contributed by atoms with E-state index >= 15 is 0 Å². The molecular formula is C16H26N2O3. The van der Waals surface area contributed by atoms with Crippen LogP contribution in [0.15, 0.2) is 12.1 Å². The van der Waals surface area contributed by atoms with Gasteiger partial charge in [0.05, 0.1) is 21.3 Å². The van der Waals surface area contributed by atoms with Gasteiger partial charge in [-0.25, -0.2) is 0 Å². The SMILES string of the molecule is COc1cc(OC)c(OC)cc1CNCCCNC1CC1. The second-order valence-electron chi connectivity index (χ2n) is 5.28. The molecule has 0 spiro atoms. The minimum Gasteiger partial charge on any atom is -0.496 e. The third kappa shape index (κ3) is 4.79. The summed E-state index contributed by atoms with van der Waals surface area (Å²) >= 11 is 0. The van der Waals surface area contributed by atoms with E-state index in [-0.39, 0.29) is 0 Å². The zero-order valence-electron chi connectivity index (χ0n) is 13.2. The fraction of sp³-hybridized carbons (Fsp3) is 0.625. The number of methoxy groups -OCH3 is 3. The van der Waals surface area contributed by atoms with Crippen LogP contribution in [0.4, 0.5) is 0 Å². The molecule has 1 aromatic rings. The molecule has 0 radical (unpaired) electrons. The Labute approximate surface area is 127 Å². The summed E-state index contributed by atoms with van der Waals surface area (Å²) in [5.74, 6) is 2.23. The van der Waals surface area contributed by atoms with Gasteiger partial charge in [-0.05, 0) is 38.4 Å². The van der Waals surface area contributed by atoms with Crippen molar-refractivity contribution in [2.45, 2.75) is 31.8 Å². The highest BCUT2D eigenvalue weighted by Crippen LogP contribution is 2.34. The van der Waals surface area contributed by atoms with Crippen molar-refractivity contribution in [1.29, 1.82) is 0 Å². The van der Waals surface area contributed by atoms with Gasteiger partial charge >= 0.3 is 0 Å². The first-order valence-corrected chi connectivity index (χ1v) is 7.51. The Kier molecular flexibility index (Phi) is 6.14. The Hall–Kier alpha value is -1.46. The van der Waals surface area contributed by atoms with Crippen molar-refractivity contribution in [1.82, 2.24) is 10.6 Å². The number of hydrogen-bond donors (Lipinski definition) is 2. The molecule has 0 amide bonds. The molecule has 0 unspecified atom stereocenters. The van der Waals surface area contributed by atoms with E-state index in [0.29, 0.717) is 5.75 Å². The smallest absolute Gasteiger partial charge is 0.164 e. The van der Waals surface area contributed by atoms with Crippen LogP contribution in [-0.2, 0) is 6.54 Å². The summed E-state index contributed by atoms with van der Waals surface area (Å²) in [7, 11) is 4.94. The van der Waals surface area contributed by atoms with E-state index in [1.165, 1.54) is 12.8 Å². The maximum absolute atomic E-state index is 5.42. The lowest BCUT2D eigenvalue weighted by atomic mass is 10.1. The summed E-state index contributed by atoms with van der Waals surface area (Å²) in [5, 5.41) is 6.95. The van der Waals surface area contributed by atoms with Crippen LogP contribution in [-0.4, -0.2) is 40.5 Å². The Balaban J connectivity index is 1.82. The number of ether oxygens (including phenoxy) is 3. The predicted molar refractivity (Wildman–Crippen MR) is 83.4 cm³/mol. The third-order valence-electron chi connectivity index (χ3n) is 3.64. The molecule has 2 N–H and O–H groups in total. The highest BCUT2D eigenvalue weighted by molar-refractivity contribution is 5.50. The van der Waals surface area contributed by atoms with Crippen LogP contribution in [0.25, 0.3) is 0 Å². The predicted octanol–water partition coefficient (Wildman–Crippen LogP) is 1.94. The van der Waals surface area contributed by atoms with Gasteiger partial charge in [0.25, 0.3) is 0 Å². The lowest BCUT2D eigenvalue weighted by molar-refractivity contribution is 0.347. The average molecular weight is 294 g/mol. The molecule has 0 atom stereocenters. The Morgan fingerprint density at radius 2 is 1.62 bits per heavy atom. The minimum atomic E-state index is 0.687. The molecule has 5 nitrogen and oxygen atoms in total. The molecular weight excluding hydrogens is 268 g/mol. The van der Waals surface area contributed by atoms with Crippen molar-refractivity contribution in [2.24, 2.45) is 0 Å². The molecule has 21 heavy (non-hydrogen) atoms. The molecule has 1 aromatic carbocycles. The fourth-order valence-corrected chi connectivity index (χ4v) is 2.26. The summed E-state index contributed by atoms with van der Waals surface area (Å²) in [5.41, 5.74) is 1.07. The van der Waals surface area contributed by atoms with Crippen molar-refractivity contribution in [3.05, 3.63) is 17.7 Å². The largest absolute Gasteiger partial charge is 0.496 e. The van der Waals surface area contributed by atoms with Gasteiger partial charge in [0.15, 0.2) is 11.5 Å².